The van der Waals surface area contributed by atoms with Crippen LogP contribution in [-0.4, -0.2) is 29.2 Å². The molecule has 1 fully saturated rings. The molecule has 3 atom stereocenters. The van der Waals surface area contributed by atoms with Crippen molar-refractivity contribution in [3.63, 3.8) is 0 Å². The number of carbonyl (C=O) groups excluding carboxylic acids is 1. The van der Waals surface area contributed by atoms with Crippen molar-refractivity contribution in [2.45, 2.75) is 70.4 Å². The third kappa shape index (κ3) is 4.58. The van der Waals surface area contributed by atoms with E-state index in [1.54, 1.807) is 0 Å². The Kier molecular flexibility index (Phi) is 6.09. The molecule has 0 aliphatic heterocycles. The van der Waals surface area contributed by atoms with Gasteiger partial charge in [0, 0.05) is 12.5 Å². The fourth-order valence-electron chi connectivity index (χ4n) is 3.01. The number of carbonyl (C=O) groups is 1. The normalized spacial score (nSPS) is 29.9. The van der Waals surface area contributed by atoms with Gasteiger partial charge in [0.2, 0.25) is 5.91 Å². The Labute approximate surface area is 110 Å². The van der Waals surface area contributed by atoms with Crippen molar-refractivity contribution in [2.24, 2.45) is 11.7 Å². The fraction of sp³-hybridized carbons (Fsp3) is 0.929. The largest absolute Gasteiger partial charge is 0.394 e. The van der Waals surface area contributed by atoms with Crippen molar-refractivity contribution in [3.8, 4) is 0 Å². The smallest absolute Gasteiger partial charge is 0.222 e. The molecule has 1 amide bonds. The molecule has 0 aromatic heterocycles. The summed E-state index contributed by atoms with van der Waals surface area (Å²) < 4.78 is 0. The maximum Gasteiger partial charge on any atom is 0.222 e. The average Bonchev–Trinajstić information content (AvgIpc) is 2.28. The Balaban J connectivity index is 2.49. The van der Waals surface area contributed by atoms with Gasteiger partial charge in [-0.2, -0.15) is 0 Å². The lowest BCUT2D eigenvalue weighted by Crippen LogP contribution is -2.54. The fourth-order valence-corrected chi connectivity index (χ4v) is 3.01. The molecule has 4 N–H and O–H groups in total. The van der Waals surface area contributed by atoms with E-state index in [2.05, 4.69) is 19.2 Å². The van der Waals surface area contributed by atoms with Gasteiger partial charge in [-0.05, 0) is 25.2 Å². The van der Waals surface area contributed by atoms with Gasteiger partial charge < -0.3 is 16.2 Å². The van der Waals surface area contributed by atoms with Gasteiger partial charge in [-0.3, -0.25) is 4.79 Å². The first-order chi connectivity index (χ1) is 8.51. The Bertz CT molecular complexity index is 271. The van der Waals surface area contributed by atoms with E-state index in [9.17, 15) is 9.90 Å². The zero-order valence-electron chi connectivity index (χ0n) is 11.7. The van der Waals surface area contributed by atoms with Crippen molar-refractivity contribution < 1.29 is 9.90 Å². The molecule has 1 aliphatic rings. The van der Waals surface area contributed by atoms with Gasteiger partial charge >= 0.3 is 0 Å². The van der Waals surface area contributed by atoms with Crippen LogP contribution in [0.3, 0.4) is 0 Å². The molecule has 0 aromatic rings. The monoisotopic (exact) mass is 256 g/mol. The first-order valence-corrected chi connectivity index (χ1v) is 7.19. The van der Waals surface area contributed by atoms with Crippen LogP contribution >= 0.6 is 0 Å². The van der Waals surface area contributed by atoms with Crippen LogP contribution < -0.4 is 11.1 Å². The minimum absolute atomic E-state index is 0.0147. The molecule has 18 heavy (non-hydrogen) atoms. The number of aliphatic hydroxyl groups is 1. The second-order valence-corrected chi connectivity index (χ2v) is 5.94. The molecular formula is C14H28N2O2. The molecule has 4 nitrogen and oxygen atoms in total. The zero-order valence-corrected chi connectivity index (χ0v) is 11.7. The second-order valence-electron chi connectivity index (χ2n) is 5.94. The van der Waals surface area contributed by atoms with Crippen LogP contribution in [0.2, 0.25) is 0 Å². The lowest BCUT2D eigenvalue weighted by atomic mass is 9.76. The molecule has 0 bridgehead atoms. The number of aliphatic hydroxyl groups excluding tert-OH is 1. The van der Waals surface area contributed by atoms with E-state index in [-0.39, 0.29) is 18.6 Å². The first kappa shape index (κ1) is 15.4. The summed E-state index contributed by atoms with van der Waals surface area (Å²) >= 11 is 0. The van der Waals surface area contributed by atoms with Crippen LogP contribution in [-0.2, 0) is 4.79 Å². The van der Waals surface area contributed by atoms with Crippen LogP contribution in [0.1, 0.15) is 58.8 Å². The summed E-state index contributed by atoms with van der Waals surface area (Å²) in [5.74, 6) is 0.551. The van der Waals surface area contributed by atoms with Crippen LogP contribution in [0.25, 0.3) is 0 Å². The zero-order chi connectivity index (χ0) is 13.6. The van der Waals surface area contributed by atoms with Gasteiger partial charge in [0.05, 0.1) is 12.1 Å². The second kappa shape index (κ2) is 7.10. The highest BCUT2D eigenvalue weighted by molar-refractivity contribution is 5.77. The molecule has 4 heteroatoms. The lowest BCUT2D eigenvalue weighted by Gasteiger charge is -2.39. The van der Waals surface area contributed by atoms with E-state index in [1.807, 2.05) is 0 Å². The van der Waals surface area contributed by atoms with E-state index >= 15 is 0 Å². The number of hydrogen-bond acceptors (Lipinski definition) is 3. The van der Waals surface area contributed by atoms with Gasteiger partial charge in [0.25, 0.3) is 0 Å². The molecule has 0 saturated heterocycles. The number of nitrogens with one attached hydrogen (secondary N) is 1. The predicted molar refractivity (Wildman–Crippen MR) is 73.1 cm³/mol. The molecule has 106 valence electrons. The number of amides is 1. The van der Waals surface area contributed by atoms with E-state index < -0.39 is 5.54 Å². The highest BCUT2D eigenvalue weighted by atomic mass is 16.3. The Morgan fingerprint density at radius 3 is 2.89 bits per heavy atom. The summed E-state index contributed by atoms with van der Waals surface area (Å²) in [6.07, 6.45) is 6.24. The molecule has 3 unspecified atom stereocenters. The van der Waals surface area contributed by atoms with Gasteiger partial charge in [0.15, 0.2) is 0 Å². The molecule has 1 aliphatic carbocycles. The SMILES string of the molecule is CCCC(N)CC(=O)NC1(CO)CCCC(C)C1. The van der Waals surface area contributed by atoms with E-state index in [4.69, 9.17) is 5.73 Å². The number of hydrogen-bond donors (Lipinski definition) is 3. The van der Waals surface area contributed by atoms with Gasteiger partial charge in [0.1, 0.15) is 0 Å². The summed E-state index contributed by atoms with van der Waals surface area (Å²) in [6.45, 7) is 4.28. The van der Waals surface area contributed by atoms with E-state index in [1.165, 1.54) is 6.42 Å². The van der Waals surface area contributed by atoms with Crippen molar-refractivity contribution in [2.75, 3.05) is 6.61 Å². The molecular weight excluding hydrogens is 228 g/mol. The van der Waals surface area contributed by atoms with E-state index in [0.29, 0.717) is 12.3 Å². The van der Waals surface area contributed by atoms with Crippen molar-refractivity contribution in [3.05, 3.63) is 0 Å². The van der Waals surface area contributed by atoms with Crippen LogP contribution in [0.15, 0.2) is 0 Å². The molecule has 0 aromatic carbocycles. The Morgan fingerprint density at radius 2 is 2.33 bits per heavy atom. The highest BCUT2D eigenvalue weighted by Gasteiger charge is 2.35. The predicted octanol–water partition coefficient (Wildman–Crippen LogP) is 1.56. The molecule has 1 rings (SSSR count). The van der Waals surface area contributed by atoms with Crippen LogP contribution in [0.5, 0.6) is 0 Å². The highest BCUT2D eigenvalue weighted by Crippen LogP contribution is 2.32. The Hall–Kier alpha value is -0.610. The van der Waals surface area contributed by atoms with Crippen molar-refractivity contribution in [1.29, 1.82) is 0 Å². The minimum atomic E-state index is -0.402. The lowest BCUT2D eigenvalue weighted by molar-refractivity contribution is -0.124. The first-order valence-electron chi connectivity index (χ1n) is 7.19. The molecule has 0 radical (unpaired) electrons. The topological polar surface area (TPSA) is 75.4 Å². The Morgan fingerprint density at radius 1 is 1.61 bits per heavy atom. The van der Waals surface area contributed by atoms with E-state index in [0.717, 1.165) is 32.1 Å². The average molecular weight is 256 g/mol. The third-order valence-corrected chi connectivity index (χ3v) is 3.91. The van der Waals surface area contributed by atoms with Crippen molar-refractivity contribution in [1.82, 2.24) is 5.32 Å². The van der Waals surface area contributed by atoms with Crippen LogP contribution in [0, 0.1) is 5.92 Å². The maximum absolute atomic E-state index is 12.0. The number of rotatable bonds is 6. The van der Waals surface area contributed by atoms with Gasteiger partial charge in [-0.15, -0.1) is 0 Å². The third-order valence-electron chi connectivity index (χ3n) is 3.91. The molecule has 1 saturated carbocycles. The van der Waals surface area contributed by atoms with Gasteiger partial charge in [-0.25, -0.2) is 0 Å². The summed E-state index contributed by atoms with van der Waals surface area (Å²) in [5, 5.41) is 12.6. The molecule has 0 heterocycles. The van der Waals surface area contributed by atoms with Gasteiger partial charge in [-0.1, -0.05) is 33.1 Å². The van der Waals surface area contributed by atoms with Crippen LogP contribution in [0.4, 0.5) is 0 Å². The quantitative estimate of drug-likeness (QED) is 0.675. The maximum atomic E-state index is 12.0. The molecule has 0 spiro atoms. The minimum Gasteiger partial charge on any atom is -0.394 e. The summed E-state index contributed by atoms with van der Waals surface area (Å²) in [5.41, 5.74) is 5.48. The summed E-state index contributed by atoms with van der Waals surface area (Å²) in [4.78, 5) is 12.0. The summed E-state index contributed by atoms with van der Waals surface area (Å²) in [6, 6.07) is -0.0632. The summed E-state index contributed by atoms with van der Waals surface area (Å²) in [7, 11) is 0. The number of nitrogens with two attached hydrogens (primary N) is 1. The van der Waals surface area contributed by atoms with Crippen molar-refractivity contribution >= 4 is 5.91 Å². The standard InChI is InChI=1S/C14H28N2O2/c1-3-5-12(15)8-13(18)16-14(10-17)7-4-6-11(2)9-14/h11-12,17H,3-10,15H2,1-2H3,(H,16,18).